The predicted molar refractivity (Wildman–Crippen MR) is 145 cm³/mol. The zero-order valence-corrected chi connectivity index (χ0v) is 19.6. The quantitative estimate of drug-likeness (QED) is 0.261. The highest BCUT2D eigenvalue weighted by Gasteiger charge is 2.01. The first kappa shape index (κ1) is 23.2. The molecule has 0 saturated carbocycles. The normalized spacial score (nSPS) is 11.9. The van der Waals surface area contributed by atoms with Crippen LogP contribution < -0.4 is 20.5 Å². The highest BCUT2D eigenvalue weighted by Crippen LogP contribution is 2.13. The Bertz CT molecular complexity index is 1270. The number of rotatable bonds is 4. The number of halogens is 1. The van der Waals surface area contributed by atoms with Gasteiger partial charge in [-0.05, 0) is 17.9 Å². The Hall–Kier alpha value is -3.58. The molecule has 4 aromatic heterocycles. The number of anilines is 3. The molecule has 0 amide bonds. The number of nitrogens with zero attached hydrogens (tertiary/aromatic N) is 8. The Labute approximate surface area is 225 Å². The summed E-state index contributed by atoms with van der Waals surface area (Å²) in [5, 5.41) is 10.3. The molecule has 35 heavy (non-hydrogen) atoms. The summed E-state index contributed by atoms with van der Waals surface area (Å²) in [7, 11) is 3.03. The molecule has 12 nitrogen and oxygen atoms in total. The second-order valence-corrected chi connectivity index (χ2v) is 5.65. The fourth-order valence-corrected chi connectivity index (χ4v) is 1.94. The molecule has 0 aromatic carbocycles. The number of methoxy groups -OCH3 is 2. The number of nitrogens with two attached hydrogens (primary N) is 1. The van der Waals surface area contributed by atoms with Gasteiger partial charge in [0.2, 0.25) is 23.0 Å². The van der Waals surface area contributed by atoms with Gasteiger partial charge < -0.3 is 20.5 Å². The van der Waals surface area contributed by atoms with Crippen LogP contribution in [0.3, 0.4) is 0 Å². The molecule has 0 unspecified atom stereocenters. The van der Waals surface area contributed by atoms with Gasteiger partial charge in [0, 0.05) is 59.1 Å². The second-order valence-electron chi connectivity index (χ2n) is 5.31. The summed E-state index contributed by atoms with van der Waals surface area (Å²) in [5.41, 5.74) is 6.09. The van der Waals surface area contributed by atoms with Crippen molar-refractivity contribution in [3.8, 4) is 11.8 Å². The van der Waals surface area contributed by atoms with Crippen molar-refractivity contribution in [2.45, 2.75) is 14.9 Å². The van der Waals surface area contributed by atoms with E-state index in [1.165, 1.54) is 51.4 Å². The van der Waals surface area contributed by atoms with Gasteiger partial charge in [0.15, 0.2) is 0 Å². The molecule has 0 saturated heterocycles. The minimum absolute atomic E-state index is 0. The summed E-state index contributed by atoms with van der Waals surface area (Å²) in [4.78, 5) is 15.4. The fraction of sp³-hybridized carbons (Fsp3) is 0.333. The number of ether oxygens (including phenoxy) is 2. The van der Waals surface area contributed by atoms with Crippen LogP contribution >= 0.6 is 24.2 Å². The maximum absolute atomic E-state index is 7.18. The maximum atomic E-state index is 7.18. The van der Waals surface area contributed by atoms with Crippen molar-refractivity contribution in [3.05, 3.63) is 54.6 Å². The number of nitrogen functional groups attached to an aromatic ring is 1. The van der Waals surface area contributed by atoms with E-state index in [1.54, 1.807) is 18.4 Å². The molecular weight excluding hydrogens is 492 g/mol. The molecule has 0 aliphatic heterocycles. The standard InChI is InChI=1S/C9H11N5O.C5H5ClN2O.C4H7N3.CH4S.2CH4/c1-14-6-7(5-11-14)12-9-10-4-3-8(13-9)15-2;1-9-4-2-3-7-5(6)8-4;1-7-3-4(5)2-6-7;1-2;;/h3-6H,1-2H3,(H,10,12,13);2-3H,1H3;2-3H,5H2,1H3;2H,1H3;2*1H4/i1D3;;1D3;;;. The topological polar surface area (TPSA) is 144 Å². The lowest BCUT2D eigenvalue weighted by atomic mass is 10.5. The van der Waals surface area contributed by atoms with E-state index in [2.05, 4.69) is 48.1 Å². The average Bonchev–Trinajstić information content (AvgIpc) is 3.55. The molecule has 4 aromatic rings. The summed E-state index contributed by atoms with van der Waals surface area (Å²) in [6.07, 6.45) is 10.1. The van der Waals surface area contributed by atoms with Crippen LogP contribution in [0, 0.1) is 0 Å². The van der Waals surface area contributed by atoms with Crippen LogP contribution in [-0.2, 0) is 14.0 Å². The Morgan fingerprint density at radius 1 is 0.943 bits per heavy atom. The van der Waals surface area contributed by atoms with Crippen LogP contribution in [0.15, 0.2) is 49.3 Å². The van der Waals surface area contributed by atoms with Crippen molar-refractivity contribution in [2.75, 3.05) is 31.5 Å². The zero-order valence-electron chi connectivity index (χ0n) is 23.9. The number of hydrogen-bond donors (Lipinski definition) is 3. The highest BCUT2D eigenvalue weighted by molar-refractivity contribution is 7.79. The van der Waals surface area contributed by atoms with Gasteiger partial charge in [0.25, 0.3) is 0 Å². The Balaban J connectivity index is 0. The Morgan fingerprint density at radius 2 is 1.51 bits per heavy atom. The third-order valence-electron chi connectivity index (χ3n) is 3.09. The molecule has 0 aliphatic carbocycles. The number of nitrogens with one attached hydrogen (secondary N) is 1. The van der Waals surface area contributed by atoms with Crippen LogP contribution in [0.2, 0.25) is 5.28 Å². The van der Waals surface area contributed by atoms with Crippen molar-refractivity contribution in [1.29, 1.82) is 0 Å². The summed E-state index contributed by atoms with van der Waals surface area (Å²) in [5.74, 6) is 1.20. The smallest absolute Gasteiger partial charge is 0.230 e. The van der Waals surface area contributed by atoms with Gasteiger partial charge in [-0.2, -0.15) is 32.8 Å². The molecule has 194 valence electrons. The van der Waals surface area contributed by atoms with Gasteiger partial charge >= 0.3 is 0 Å². The molecule has 4 rings (SSSR count). The van der Waals surface area contributed by atoms with Crippen LogP contribution in [-0.4, -0.2) is 60.0 Å². The lowest BCUT2D eigenvalue weighted by Crippen LogP contribution is -1.97. The SMILES string of the molecule is C.C.COc1ccnc(Cl)n1.CS.[2H]C([2H])([2H])n1cc(N)cn1.[2H]C([2H])([2H])n1cc(Nc2nccc(OC)n2)cn1. The van der Waals surface area contributed by atoms with Crippen molar-refractivity contribution in [1.82, 2.24) is 39.5 Å². The van der Waals surface area contributed by atoms with Crippen molar-refractivity contribution in [2.24, 2.45) is 14.0 Å². The molecule has 0 aliphatic rings. The van der Waals surface area contributed by atoms with E-state index in [0.717, 1.165) is 9.36 Å². The van der Waals surface area contributed by atoms with E-state index in [9.17, 15) is 0 Å². The van der Waals surface area contributed by atoms with E-state index in [-0.39, 0.29) is 20.1 Å². The molecule has 0 atom stereocenters. The van der Waals surface area contributed by atoms with E-state index < -0.39 is 14.0 Å². The molecule has 0 fully saturated rings. The predicted octanol–water partition coefficient (Wildman–Crippen LogP) is 3.92. The van der Waals surface area contributed by atoms with Crippen LogP contribution in [0.4, 0.5) is 17.3 Å². The maximum Gasteiger partial charge on any atom is 0.230 e. The molecular formula is C21H35ClN10O2S. The third kappa shape index (κ3) is 13.7. The molecule has 3 N–H and O–H groups in total. The van der Waals surface area contributed by atoms with Crippen LogP contribution in [0.25, 0.3) is 0 Å². The van der Waals surface area contributed by atoms with E-state index in [4.69, 9.17) is 35.0 Å². The first-order chi connectivity index (χ1) is 18.3. The van der Waals surface area contributed by atoms with Gasteiger partial charge in [-0.15, -0.1) is 0 Å². The highest BCUT2D eigenvalue weighted by atomic mass is 35.5. The number of hydrogen-bond acceptors (Lipinski definition) is 11. The summed E-state index contributed by atoms with van der Waals surface area (Å²) >= 11 is 8.95. The number of aryl methyl sites for hydroxylation is 2. The zero-order chi connectivity index (χ0) is 29.6. The first-order valence-electron chi connectivity index (χ1n) is 11.8. The molecule has 4 heterocycles. The van der Waals surface area contributed by atoms with Crippen molar-refractivity contribution >= 4 is 41.6 Å². The van der Waals surface area contributed by atoms with Gasteiger partial charge in [-0.1, -0.05) is 14.9 Å². The van der Waals surface area contributed by atoms with E-state index in [1.807, 2.05) is 0 Å². The van der Waals surface area contributed by atoms with Gasteiger partial charge in [-0.3, -0.25) is 9.36 Å². The minimum Gasteiger partial charge on any atom is -0.481 e. The number of aromatic nitrogens is 8. The fourth-order valence-electron chi connectivity index (χ4n) is 1.80. The lowest BCUT2D eigenvalue weighted by molar-refractivity contribution is 0.397. The number of thiol groups is 1. The van der Waals surface area contributed by atoms with E-state index in [0.29, 0.717) is 29.1 Å². The van der Waals surface area contributed by atoms with Crippen LogP contribution in [0.1, 0.15) is 23.1 Å². The molecule has 0 radical (unpaired) electrons. The second kappa shape index (κ2) is 18.8. The van der Waals surface area contributed by atoms with E-state index >= 15 is 0 Å². The van der Waals surface area contributed by atoms with Crippen molar-refractivity contribution in [3.63, 3.8) is 0 Å². The van der Waals surface area contributed by atoms with Gasteiger partial charge in [0.05, 0.1) is 38.0 Å². The largest absolute Gasteiger partial charge is 0.481 e. The third-order valence-corrected chi connectivity index (χ3v) is 3.27. The summed E-state index contributed by atoms with van der Waals surface area (Å²) in [6, 6.07) is 3.24. The first-order valence-corrected chi connectivity index (χ1v) is 10.1. The average molecular weight is 533 g/mol. The monoisotopic (exact) mass is 532 g/mol. The van der Waals surface area contributed by atoms with Gasteiger partial charge in [0.1, 0.15) is 0 Å². The Morgan fingerprint density at radius 3 is 1.97 bits per heavy atom. The Kier molecular flexibility index (Phi) is 12.5. The summed E-state index contributed by atoms with van der Waals surface area (Å²) in [6.45, 7) is -4.51. The molecule has 14 heteroatoms. The van der Waals surface area contributed by atoms with Crippen LogP contribution in [0.5, 0.6) is 11.8 Å². The molecule has 0 spiro atoms. The summed E-state index contributed by atoms with van der Waals surface area (Å²) < 4.78 is 53.6. The van der Waals surface area contributed by atoms with Crippen molar-refractivity contribution < 1.29 is 17.7 Å². The van der Waals surface area contributed by atoms with Gasteiger partial charge in [-0.25, -0.2) is 9.97 Å². The lowest BCUT2D eigenvalue weighted by Gasteiger charge is -2.02. The molecule has 0 bridgehead atoms. The minimum atomic E-state index is -2.30.